The van der Waals surface area contributed by atoms with Gasteiger partial charge >= 0.3 is 0 Å². The first-order valence-corrected chi connectivity index (χ1v) is 7.23. The van der Waals surface area contributed by atoms with E-state index in [9.17, 15) is 22.5 Å². The van der Waals surface area contributed by atoms with Gasteiger partial charge in [0.05, 0.1) is 6.07 Å². The lowest BCUT2D eigenvalue weighted by atomic mass is 9.99. The predicted octanol–water partition coefficient (Wildman–Crippen LogP) is 1.38. The number of nitrogens with zero attached hydrogens (tertiary/aromatic N) is 1. The lowest BCUT2D eigenvalue weighted by molar-refractivity contribution is 0.441. The third-order valence-electron chi connectivity index (χ3n) is 3.31. The molecule has 0 unspecified atom stereocenters. The van der Waals surface area contributed by atoms with Crippen LogP contribution in [0.1, 0.15) is 12.8 Å². The van der Waals surface area contributed by atoms with Crippen LogP contribution in [-0.4, -0.2) is 26.3 Å². The SMILES string of the molecule is N#CC1(S(=O)(=O)c2ccc(F)cc2F)CCNCC1. The van der Waals surface area contributed by atoms with E-state index in [0.29, 0.717) is 19.2 Å². The zero-order chi connectivity index (χ0) is 14.1. The van der Waals surface area contributed by atoms with Crippen molar-refractivity contribution < 1.29 is 17.2 Å². The summed E-state index contributed by atoms with van der Waals surface area (Å²) in [4.78, 5) is -0.614. The highest BCUT2D eigenvalue weighted by molar-refractivity contribution is 7.93. The lowest BCUT2D eigenvalue weighted by Crippen LogP contribution is -2.46. The normalized spacial score (nSPS) is 18.8. The monoisotopic (exact) mass is 286 g/mol. The van der Waals surface area contributed by atoms with E-state index in [1.54, 1.807) is 0 Å². The summed E-state index contributed by atoms with van der Waals surface area (Å²) >= 11 is 0. The number of hydrogen-bond acceptors (Lipinski definition) is 4. The molecule has 0 spiro atoms. The standard InChI is InChI=1S/C12H12F2N2O2S/c13-9-1-2-11(10(14)7-9)19(17,18)12(8-15)3-5-16-6-4-12/h1-2,7,16H,3-6H2. The maximum atomic E-state index is 13.7. The Morgan fingerprint density at radius 3 is 2.42 bits per heavy atom. The Morgan fingerprint density at radius 1 is 1.26 bits per heavy atom. The molecule has 0 aromatic heterocycles. The number of piperidine rings is 1. The van der Waals surface area contributed by atoms with Gasteiger partial charge in [-0.15, -0.1) is 0 Å². The van der Waals surface area contributed by atoms with Crippen molar-refractivity contribution in [2.75, 3.05) is 13.1 Å². The third kappa shape index (κ3) is 2.22. The molecule has 1 fully saturated rings. The molecule has 1 saturated heterocycles. The largest absolute Gasteiger partial charge is 0.317 e. The fourth-order valence-electron chi connectivity index (χ4n) is 2.17. The molecule has 2 rings (SSSR count). The molecule has 1 aliphatic rings. The topological polar surface area (TPSA) is 70.0 Å². The molecule has 0 radical (unpaired) electrons. The van der Waals surface area contributed by atoms with Crippen LogP contribution in [0.4, 0.5) is 8.78 Å². The second-order valence-electron chi connectivity index (χ2n) is 4.43. The minimum absolute atomic E-state index is 0.0860. The summed E-state index contributed by atoms with van der Waals surface area (Å²) in [5.41, 5.74) is 0. The van der Waals surface area contributed by atoms with E-state index < -0.39 is 31.1 Å². The molecule has 0 amide bonds. The van der Waals surface area contributed by atoms with Gasteiger partial charge < -0.3 is 5.32 Å². The lowest BCUT2D eigenvalue weighted by Gasteiger charge is -2.30. The van der Waals surface area contributed by atoms with Crippen molar-refractivity contribution in [1.29, 1.82) is 5.26 Å². The van der Waals surface area contributed by atoms with Gasteiger partial charge in [0.1, 0.15) is 16.5 Å². The first kappa shape index (κ1) is 13.9. The second kappa shape index (κ2) is 4.87. The summed E-state index contributed by atoms with van der Waals surface area (Å²) in [5, 5.41) is 12.2. The van der Waals surface area contributed by atoms with Gasteiger partial charge in [0, 0.05) is 6.07 Å². The molecular weight excluding hydrogens is 274 g/mol. The van der Waals surface area contributed by atoms with Gasteiger partial charge in [-0.1, -0.05) is 0 Å². The maximum Gasteiger partial charge on any atom is 0.200 e. The molecule has 7 heteroatoms. The minimum Gasteiger partial charge on any atom is -0.317 e. The summed E-state index contributed by atoms with van der Waals surface area (Å²) in [6, 6.07) is 4.08. The Labute approximate surface area is 110 Å². The molecule has 4 nitrogen and oxygen atoms in total. The summed E-state index contributed by atoms with van der Waals surface area (Å²) in [5.74, 6) is -2.01. The number of hydrogen-bond donors (Lipinski definition) is 1. The van der Waals surface area contributed by atoms with E-state index >= 15 is 0 Å². The molecule has 1 N–H and O–H groups in total. The highest BCUT2D eigenvalue weighted by Crippen LogP contribution is 2.34. The van der Waals surface area contributed by atoms with E-state index in [4.69, 9.17) is 0 Å². The van der Waals surface area contributed by atoms with Gasteiger partial charge in [-0.05, 0) is 38.1 Å². The van der Waals surface area contributed by atoms with Gasteiger partial charge in [0.2, 0.25) is 0 Å². The van der Waals surface area contributed by atoms with Crippen molar-refractivity contribution in [3.8, 4) is 6.07 Å². The number of rotatable bonds is 2. The Kier molecular flexibility index (Phi) is 3.56. The van der Waals surface area contributed by atoms with Crippen LogP contribution in [0.3, 0.4) is 0 Å². The van der Waals surface area contributed by atoms with Crippen LogP contribution < -0.4 is 5.32 Å². The van der Waals surface area contributed by atoms with Crippen molar-refractivity contribution in [3.05, 3.63) is 29.8 Å². The number of nitriles is 1. The van der Waals surface area contributed by atoms with Crippen molar-refractivity contribution >= 4 is 9.84 Å². The molecule has 0 aliphatic carbocycles. The van der Waals surface area contributed by atoms with Gasteiger partial charge in [-0.25, -0.2) is 17.2 Å². The van der Waals surface area contributed by atoms with E-state index in [1.165, 1.54) is 0 Å². The summed E-state index contributed by atoms with van der Waals surface area (Å²) in [6.45, 7) is 0.741. The minimum atomic E-state index is -4.16. The van der Waals surface area contributed by atoms with Gasteiger partial charge in [0.25, 0.3) is 0 Å². The van der Waals surface area contributed by atoms with Crippen LogP contribution in [0.15, 0.2) is 23.1 Å². The number of sulfone groups is 1. The van der Waals surface area contributed by atoms with Gasteiger partial charge in [0.15, 0.2) is 14.6 Å². The second-order valence-corrected chi connectivity index (χ2v) is 6.66. The van der Waals surface area contributed by atoms with E-state index in [0.717, 1.165) is 12.1 Å². The van der Waals surface area contributed by atoms with Gasteiger partial charge in [-0.2, -0.15) is 5.26 Å². The summed E-state index contributed by atoms with van der Waals surface area (Å²) < 4.78 is 49.8. The first-order valence-electron chi connectivity index (χ1n) is 5.75. The van der Waals surface area contributed by atoms with Gasteiger partial charge in [-0.3, -0.25) is 0 Å². The highest BCUT2D eigenvalue weighted by Gasteiger charge is 2.47. The smallest absolute Gasteiger partial charge is 0.200 e. The Hall–Kier alpha value is -1.52. The highest BCUT2D eigenvalue weighted by atomic mass is 32.2. The molecule has 0 bridgehead atoms. The summed E-state index contributed by atoms with van der Waals surface area (Å²) in [6.07, 6.45) is 0.172. The van der Waals surface area contributed by atoms with Crippen molar-refractivity contribution in [1.82, 2.24) is 5.32 Å². The number of benzene rings is 1. The molecule has 1 aromatic carbocycles. The van der Waals surface area contributed by atoms with Crippen LogP contribution in [-0.2, 0) is 9.84 Å². The zero-order valence-corrected chi connectivity index (χ0v) is 10.8. The van der Waals surface area contributed by atoms with Crippen molar-refractivity contribution in [3.63, 3.8) is 0 Å². The zero-order valence-electron chi connectivity index (χ0n) is 9.99. The molecule has 19 heavy (non-hydrogen) atoms. The van der Waals surface area contributed by atoms with Crippen molar-refractivity contribution in [2.24, 2.45) is 0 Å². The van der Waals surface area contributed by atoms with Crippen LogP contribution in [0.5, 0.6) is 0 Å². The van der Waals surface area contributed by atoms with Crippen LogP contribution in [0.25, 0.3) is 0 Å². The number of halogens is 2. The maximum absolute atomic E-state index is 13.7. The summed E-state index contributed by atoms with van der Waals surface area (Å²) in [7, 11) is -4.16. The molecule has 1 aromatic rings. The molecule has 102 valence electrons. The Balaban J connectivity index is 2.55. The fourth-order valence-corrected chi connectivity index (χ4v) is 4.02. The Morgan fingerprint density at radius 2 is 1.89 bits per heavy atom. The quantitative estimate of drug-likeness (QED) is 0.834. The molecule has 0 atom stereocenters. The average molecular weight is 286 g/mol. The molecular formula is C12H12F2N2O2S. The van der Waals surface area contributed by atoms with Crippen LogP contribution in [0.2, 0.25) is 0 Å². The first-order chi connectivity index (χ1) is 8.93. The predicted molar refractivity (Wildman–Crippen MR) is 64.0 cm³/mol. The van der Waals surface area contributed by atoms with E-state index in [-0.39, 0.29) is 12.8 Å². The number of nitrogens with one attached hydrogen (secondary N) is 1. The molecule has 1 aliphatic heterocycles. The van der Waals surface area contributed by atoms with Crippen LogP contribution in [0, 0.1) is 23.0 Å². The Bertz CT molecular complexity index is 632. The average Bonchev–Trinajstić information content (AvgIpc) is 2.39. The molecule has 0 saturated carbocycles. The van der Waals surface area contributed by atoms with E-state index in [2.05, 4.69) is 5.32 Å². The van der Waals surface area contributed by atoms with Crippen molar-refractivity contribution in [2.45, 2.75) is 22.5 Å². The van der Waals surface area contributed by atoms with Crippen LogP contribution >= 0.6 is 0 Å². The fraction of sp³-hybridized carbons (Fsp3) is 0.417. The third-order valence-corrected chi connectivity index (χ3v) is 5.75. The molecule has 1 heterocycles. The van der Waals surface area contributed by atoms with E-state index in [1.807, 2.05) is 6.07 Å².